The third kappa shape index (κ3) is 6.17. The van der Waals surface area contributed by atoms with Crippen molar-refractivity contribution >= 4 is 51.6 Å². The molecule has 0 saturated carbocycles. The van der Waals surface area contributed by atoms with Crippen LogP contribution in [0.3, 0.4) is 0 Å². The van der Waals surface area contributed by atoms with E-state index in [0.717, 1.165) is 58.7 Å². The van der Waals surface area contributed by atoms with Crippen molar-refractivity contribution in [2.45, 2.75) is 38.8 Å². The lowest BCUT2D eigenvalue weighted by atomic mass is 10.00. The number of nitrogens with zero attached hydrogens (tertiary/aromatic N) is 4. The molecule has 0 spiro atoms. The zero-order chi connectivity index (χ0) is 22.5. The first-order valence-electron chi connectivity index (χ1n) is 10.8. The Morgan fingerprint density at radius 2 is 1.44 bits per heavy atom. The van der Waals surface area contributed by atoms with Gasteiger partial charge in [0.25, 0.3) is 0 Å². The minimum absolute atomic E-state index is 0.485. The largest absolute Gasteiger partial charge is 0.357 e. The van der Waals surface area contributed by atoms with E-state index in [4.69, 9.17) is 12.2 Å². The van der Waals surface area contributed by atoms with E-state index in [0.29, 0.717) is 17.1 Å². The maximum Gasteiger partial charge on any atom is 0.233 e. The predicted molar refractivity (Wildman–Crippen MR) is 137 cm³/mol. The summed E-state index contributed by atoms with van der Waals surface area (Å²) in [6, 6.07) is 16.2. The van der Waals surface area contributed by atoms with Gasteiger partial charge in [-0.05, 0) is 79.8 Å². The van der Waals surface area contributed by atoms with Gasteiger partial charge in [0.05, 0.1) is 0 Å². The van der Waals surface area contributed by atoms with Crippen molar-refractivity contribution < 1.29 is 0 Å². The van der Waals surface area contributed by atoms with E-state index in [1.807, 2.05) is 24.3 Å². The summed E-state index contributed by atoms with van der Waals surface area (Å²) in [4.78, 5) is 16.1. The summed E-state index contributed by atoms with van der Waals surface area (Å²) in [6.07, 6.45) is 2.33. The summed E-state index contributed by atoms with van der Waals surface area (Å²) in [7, 11) is 0. The molecule has 0 radical (unpaired) electrons. The Hall–Kier alpha value is -2.71. The SMILES string of the molecule is Cc1cccc(Nc2nc(Nc3cccc(C)c3)nc(SC(=S)N3CCC(C)CC3)n2)c1. The van der Waals surface area contributed by atoms with Gasteiger partial charge >= 0.3 is 0 Å². The average molecular weight is 465 g/mol. The molecule has 8 heteroatoms. The van der Waals surface area contributed by atoms with E-state index in [1.54, 1.807) is 0 Å². The molecule has 0 bridgehead atoms. The molecule has 2 heterocycles. The zero-order valence-corrected chi connectivity index (χ0v) is 20.3. The summed E-state index contributed by atoms with van der Waals surface area (Å²) in [5, 5.41) is 7.20. The normalized spacial score (nSPS) is 14.3. The number of rotatable bonds is 5. The lowest BCUT2D eigenvalue weighted by Gasteiger charge is -2.31. The van der Waals surface area contributed by atoms with Gasteiger partial charge in [-0.2, -0.15) is 15.0 Å². The van der Waals surface area contributed by atoms with E-state index in [-0.39, 0.29) is 0 Å². The molecule has 6 nitrogen and oxygen atoms in total. The molecule has 2 N–H and O–H groups in total. The molecular formula is C24H28N6S2. The number of hydrogen-bond acceptors (Lipinski definition) is 7. The molecular weight excluding hydrogens is 436 g/mol. The Kier molecular flexibility index (Phi) is 7.22. The summed E-state index contributed by atoms with van der Waals surface area (Å²) in [5.41, 5.74) is 4.19. The van der Waals surface area contributed by atoms with E-state index in [1.165, 1.54) is 11.8 Å². The topological polar surface area (TPSA) is 66.0 Å². The van der Waals surface area contributed by atoms with Gasteiger partial charge in [-0.1, -0.05) is 43.4 Å². The standard InChI is InChI=1S/C24H28N6S2/c1-16-10-12-30(13-11-16)24(31)32-23-28-21(25-19-8-4-6-17(2)14-19)27-22(29-23)26-20-9-5-7-18(3)15-20/h4-9,14-16H,10-13H2,1-3H3,(H2,25,26,27,28,29). The van der Waals surface area contributed by atoms with Gasteiger partial charge in [0.1, 0.15) is 4.32 Å². The number of likely N-dealkylation sites (tertiary alicyclic amines) is 1. The van der Waals surface area contributed by atoms with Gasteiger partial charge in [0.15, 0.2) is 0 Å². The smallest absolute Gasteiger partial charge is 0.233 e. The highest BCUT2D eigenvalue weighted by Gasteiger charge is 2.20. The van der Waals surface area contributed by atoms with Crippen LogP contribution in [0.4, 0.5) is 23.3 Å². The van der Waals surface area contributed by atoms with Crippen LogP contribution in [0.2, 0.25) is 0 Å². The van der Waals surface area contributed by atoms with Crippen LogP contribution in [0, 0.1) is 19.8 Å². The Morgan fingerprint density at radius 1 is 0.906 bits per heavy atom. The third-order valence-corrected chi connectivity index (χ3v) is 6.69. The maximum atomic E-state index is 5.72. The van der Waals surface area contributed by atoms with Crippen molar-refractivity contribution in [2.24, 2.45) is 5.92 Å². The van der Waals surface area contributed by atoms with E-state index < -0.39 is 0 Å². The Bertz CT molecular complexity index is 1030. The minimum Gasteiger partial charge on any atom is -0.357 e. The number of thioether (sulfide) groups is 1. The maximum absolute atomic E-state index is 5.72. The van der Waals surface area contributed by atoms with Crippen LogP contribution in [-0.4, -0.2) is 37.3 Å². The molecule has 32 heavy (non-hydrogen) atoms. The molecule has 2 aromatic carbocycles. The molecule has 1 aromatic heterocycles. The van der Waals surface area contributed by atoms with Crippen molar-refractivity contribution in [3.8, 4) is 0 Å². The van der Waals surface area contributed by atoms with Crippen molar-refractivity contribution in [1.82, 2.24) is 19.9 Å². The number of piperidine rings is 1. The Labute approximate surface area is 199 Å². The van der Waals surface area contributed by atoms with Gasteiger partial charge in [0.2, 0.25) is 17.1 Å². The molecule has 166 valence electrons. The van der Waals surface area contributed by atoms with Crippen LogP contribution in [0.5, 0.6) is 0 Å². The number of anilines is 4. The van der Waals surface area contributed by atoms with Crippen LogP contribution in [0.25, 0.3) is 0 Å². The first-order valence-corrected chi connectivity index (χ1v) is 12.1. The second-order valence-corrected chi connectivity index (χ2v) is 9.89. The molecule has 1 fully saturated rings. The van der Waals surface area contributed by atoms with Crippen molar-refractivity contribution in [3.05, 3.63) is 59.7 Å². The molecule has 0 aliphatic carbocycles. The number of nitrogens with one attached hydrogen (secondary N) is 2. The highest BCUT2D eigenvalue weighted by atomic mass is 32.2. The van der Waals surface area contributed by atoms with Gasteiger partial charge in [-0.3, -0.25) is 0 Å². The molecule has 1 aliphatic heterocycles. The summed E-state index contributed by atoms with van der Waals surface area (Å²) in [5.74, 6) is 1.73. The minimum atomic E-state index is 0.485. The predicted octanol–water partition coefficient (Wildman–Crippen LogP) is 6.08. The van der Waals surface area contributed by atoms with Crippen LogP contribution in [-0.2, 0) is 0 Å². The van der Waals surface area contributed by atoms with E-state index in [2.05, 4.69) is 75.5 Å². The fraction of sp³-hybridized carbons (Fsp3) is 0.333. The van der Waals surface area contributed by atoms with Gasteiger partial charge in [-0.25, -0.2) is 0 Å². The van der Waals surface area contributed by atoms with Crippen molar-refractivity contribution in [3.63, 3.8) is 0 Å². The molecule has 4 rings (SSSR count). The lowest BCUT2D eigenvalue weighted by Crippen LogP contribution is -2.35. The highest BCUT2D eigenvalue weighted by molar-refractivity contribution is 8.22. The second-order valence-electron chi connectivity index (χ2n) is 8.29. The average Bonchev–Trinajstić information content (AvgIpc) is 2.74. The van der Waals surface area contributed by atoms with Crippen LogP contribution in [0.15, 0.2) is 53.7 Å². The molecule has 0 amide bonds. The first kappa shape index (κ1) is 22.5. The zero-order valence-electron chi connectivity index (χ0n) is 18.6. The fourth-order valence-electron chi connectivity index (χ4n) is 3.55. The first-order chi connectivity index (χ1) is 15.4. The lowest BCUT2D eigenvalue weighted by molar-refractivity contribution is 0.287. The van der Waals surface area contributed by atoms with E-state index in [9.17, 15) is 0 Å². The van der Waals surface area contributed by atoms with Crippen molar-refractivity contribution in [2.75, 3.05) is 23.7 Å². The van der Waals surface area contributed by atoms with Crippen molar-refractivity contribution in [1.29, 1.82) is 0 Å². The van der Waals surface area contributed by atoms with Crippen LogP contribution >= 0.6 is 24.0 Å². The molecule has 0 unspecified atom stereocenters. The number of thiocarbonyl (C=S) groups is 1. The second kappa shape index (κ2) is 10.3. The van der Waals surface area contributed by atoms with Crippen LogP contribution in [0.1, 0.15) is 30.9 Å². The number of hydrogen-bond donors (Lipinski definition) is 2. The summed E-state index contributed by atoms with van der Waals surface area (Å²) >= 11 is 7.14. The summed E-state index contributed by atoms with van der Waals surface area (Å²) < 4.78 is 0.811. The number of aromatic nitrogens is 3. The number of benzene rings is 2. The number of aryl methyl sites for hydroxylation is 2. The summed E-state index contributed by atoms with van der Waals surface area (Å²) in [6.45, 7) is 8.39. The van der Waals surface area contributed by atoms with E-state index >= 15 is 0 Å². The Morgan fingerprint density at radius 3 is 1.94 bits per heavy atom. The van der Waals surface area contributed by atoms with Gasteiger partial charge in [0, 0.05) is 24.5 Å². The molecule has 1 aliphatic rings. The third-order valence-electron chi connectivity index (χ3n) is 5.38. The van der Waals surface area contributed by atoms with Gasteiger partial charge < -0.3 is 15.5 Å². The molecule has 1 saturated heterocycles. The molecule has 3 aromatic rings. The highest BCUT2D eigenvalue weighted by Crippen LogP contribution is 2.26. The van der Waals surface area contributed by atoms with Gasteiger partial charge in [-0.15, -0.1) is 0 Å². The van der Waals surface area contributed by atoms with Crippen LogP contribution < -0.4 is 10.6 Å². The molecule has 0 atom stereocenters. The fourth-order valence-corrected chi connectivity index (χ4v) is 4.69. The monoisotopic (exact) mass is 464 g/mol. The quantitative estimate of drug-likeness (QED) is 0.348. The Balaban J connectivity index is 1.58.